The Hall–Kier alpha value is -4.13. The van der Waals surface area contributed by atoms with Gasteiger partial charge in [0.15, 0.2) is 5.82 Å². The molecule has 0 fully saturated rings. The Morgan fingerprint density at radius 2 is 1.59 bits per heavy atom. The maximum Gasteiger partial charge on any atom is 0.515 e. The van der Waals surface area contributed by atoms with Gasteiger partial charge in [-0.25, -0.2) is 9.78 Å². The Kier molecular flexibility index (Phi) is 6.36. The minimum atomic E-state index is -0.801. The maximum atomic E-state index is 12.4. The number of benzene rings is 2. The van der Waals surface area contributed by atoms with Gasteiger partial charge < -0.3 is 14.4 Å². The first-order chi connectivity index (χ1) is 16.2. The number of anilines is 1. The van der Waals surface area contributed by atoms with E-state index in [4.69, 9.17) is 14.6 Å². The van der Waals surface area contributed by atoms with Gasteiger partial charge in [0.25, 0.3) is 0 Å². The summed E-state index contributed by atoms with van der Waals surface area (Å²) >= 11 is 0. The zero-order valence-electron chi connectivity index (χ0n) is 20.0. The van der Waals surface area contributed by atoms with Crippen molar-refractivity contribution in [3.63, 3.8) is 0 Å². The van der Waals surface area contributed by atoms with Crippen molar-refractivity contribution in [2.24, 2.45) is 0 Å². The van der Waals surface area contributed by atoms with Gasteiger partial charge in [-0.3, -0.25) is 0 Å². The third kappa shape index (κ3) is 5.43. The smallest absolute Gasteiger partial charge is 0.428 e. The molecule has 4 aromatic rings. The Morgan fingerprint density at radius 3 is 2.26 bits per heavy atom. The molecule has 4 rings (SSSR count). The highest BCUT2D eigenvalue weighted by Gasteiger charge is 2.22. The van der Waals surface area contributed by atoms with Crippen molar-refractivity contribution < 1.29 is 14.3 Å². The molecule has 0 bridgehead atoms. The van der Waals surface area contributed by atoms with E-state index in [1.54, 1.807) is 39.1 Å². The number of rotatable bonds is 5. The van der Waals surface area contributed by atoms with E-state index >= 15 is 0 Å². The fourth-order valence-electron chi connectivity index (χ4n) is 3.40. The first-order valence-electron chi connectivity index (χ1n) is 11.0. The van der Waals surface area contributed by atoms with Crippen molar-refractivity contribution in [3.05, 3.63) is 79.0 Å². The molecule has 2 heterocycles. The second-order valence-corrected chi connectivity index (χ2v) is 9.06. The second kappa shape index (κ2) is 9.39. The van der Waals surface area contributed by atoms with E-state index in [9.17, 15) is 4.79 Å². The molecule has 7 nitrogen and oxygen atoms in total. The lowest BCUT2D eigenvalue weighted by Gasteiger charge is -2.18. The largest absolute Gasteiger partial charge is 0.515 e. The highest BCUT2D eigenvalue weighted by molar-refractivity contribution is 5.74. The van der Waals surface area contributed by atoms with Crippen LogP contribution in [0.1, 0.15) is 20.8 Å². The minimum absolute atomic E-state index is 0.225. The fourth-order valence-corrected chi connectivity index (χ4v) is 3.40. The van der Waals surface area contributed by atoms with E-state index in [0.29, 0.717) is 11.5 Å². The number of aromatic nitrogens is 3. The van der Waals surface area contributed by atoms with Crippen LogP contribution >= 0.6 is 0 Å². The van der Waals surface area contributed by atoms with E-state index in [0.717, 1.165) is 22.4 Å². The van der Waals surface area contributed by atoms with Gasteiger partial charge in [-0.15, -0.1) is 0 Å². The van der Waals surface area contributed by atoms with Gasteiger partial charge in [0, 0.05) is 37.6 Å². The molecule has 34 heavy (non-hydrogen) atoms. The van der Waals surface area contributed by atoms with Crippen LogP contribution in [0.2, 0.25) is 0 Å². The Bertz CT molecular complexity index is 1290. The zero-order valence-corrected chi connectivity index (χ0v) is 20.0. The highest BCUT2D eigenvalue weighted by atomic mass is 16.7. The third-order valence-corrected chi connectivity index (χ3v) is 4.97. The molecule has 0 unspecified atom stereocenters. The molecule has 0 amide bonds. The Balaban J connectivity index is 1.72. The summed E-state index contributed by atoms with van der Waals surface area (Å²) < 4.78 is 12.4. The summed E-state index contributed by atoms with van der Waals surface area (Å²) in [5.74, 6) is 0.755. The molecule has 0 saturated heterocycles. The summed E-state index contributed by atoms with van der Waals surface area (Å²) in [6, 6.07) is 23.6. The van der Waals surface area contributed by atoms with Crippen LogP contribution in [0.5, 0.6) is 5.88 Å². The third-order valence-electron chi connectivity index (χ3n) is 4.97. The van der Waals surface area contributed by atoms with Crippen molar-refractivity contribution in [2.75, 3.05) is 19.0 Å². The normalized spacial score (nSPS) is 11.2. The minimum Gasteiger partial charge on any atom is -0.428 e. The summed E-state index contributed by atoms with van der Waals surface area (Å²) in [6.45, 7) is 5.35. The molecule has 0 spiro atoms. The van der Waals surface area contributed by atoms with E-state index in [1.807, 2.05) is 44.4 Å². The monoisotopic (exact) mass is 456 g/mol. The fraction of sp³-hybridized carbons (Fsp3) is 0.222. The summed E-state index contributed by atoms with van der Waals surface area (Å²) in [5, 5.41) is 4.69. The number of carbonyl (C=O) groups is 1. The Morgan fingerprint density at radius 1 is 0.882 bits per heavy atom. The lowest BCUT2D eigenvalue weighted by molar-refractivity contribution is 0.0192. The lowest BCUT2D eigenvalue weighted by Crippen LogP contribution is -2.26. The number of hydrogen-bond donors (Lipinski definition) is 0. The molecule has 0 atom stereocenters. The molecule has 0 N–H and O–H groups in total. The highest BCUT2D eigenvalue weighted by Crippen LogP contribution is 2.31. The molecule has 7 heteroatoms. The molecular weight excluding hydrogens is 428 g/mol. The van der Waals surface area contributed by atoms with E-state index in [-0.39, 0.29) is 5.88 Å². The summed E-state index contributed by atoms with van der Waals surface area (Å²) in [7, 11) is 4.04. The van der Waals surface area contributed by atoms with Gasteiger partial charge in [-0.1, -0.05) is 36.4 Å². The number of nitrogens with zero attached hydrogens (tertiary/aromatic N) is 4. The van der Waals surface area contributed by atoms with Crippen molar-refractivity contribution >= 4 is 11.8 Å². The summed E-state index contributed by atoms with van der Waals surface area (Å²) in [4.78, 5) is 18.8. The van der Waals surface area contributed by atoms with E-state index < -0.39 is 11.8 Å². The summed E-state index contributed by atoms with van der Waals surface area (Å²) in [6.07, 6.45) is 0.858. The van der Waals surface area contributed by atoms with Crippen LogP contribution in [0.25, 0.3) is 28.2 Å². The van der Waals surface area contributed by atoms with Crippen LogP contribution in [0.4, 0.5) is 10.5 Å². The molecule has 174 valence electrons. The molecule has 0 aliphatic rings. The first kappa shape index (κ1) is 23.0. The van der Waals surface area contributed by atoms with E-state index in [2.05, 4.69) is 40.2 Å². The van der Waals surface area contributed by atoms with Gasteiger partial charge in [0.1, 0.15) is 5.60 Å². The first-order valence-corrected chi connectivity index (χ1v) is 11.0. The van der Waals surface area contributed by atoms with Crippen molar-refractivity contribution in [1.29, 1.82) is 0 Å². The zero-order chi connectivity index (χ0) is 24.3. The molecule has 2 aromatic heterocycles. The molecule has 2 aromatic carbocycles. The summed E-state index contributed by atoms with van der Waals surface area (Å²) in [5.41, 5.74) is 4.14. The topological polar surface area (TPSA) is 69.5 Å². The average Bonchev–Trinajstić information content (AvgIpc) is 3.22. The average molecular weight is 457 g/mol. The van der Waals surface area contributed by atoms with E-state index in [1.165, 1.54) is 4.68 Å². The van der Waals surface area contributed by atoms with Crippen LogP contribution < -0.4 is 9.64 Å². The van der Waals surface area contributed by atoms with Crippen LogP contribution in [-0.2, 0) is 4.74 Å². The molecular formula is C27H28N4O3. The van der Waals surface area contributed by atoms with Gasteiger partial charge in [0.05, 0.1) is 5.69 Å². The van der Waals surface area contributed by atoms with Crippen LogP contribution in [-0.4, -0.2) is 40.6 Å². The number of pyridine rings is 1. The molecule has 0 radical (unpaired) electrons. The maximum absolute atomic E-state index is 12.4. The number of ether oxygens (including phenoxy) is 2. The molecule has 0 saturated carbocycles. The van der Waals surface area contributed by atoms with Crippen LogP contribution in [0.15, 0.2) is 79.0 Å². The second-order valence-electron chi connectivity index (χ2n) is 9.06. The van der Waals surface area contributed by atoms with Gasteiger partial charge in [-0.05, 0) is 62.2 Å². The van der Waals surface area contributed by atoms with Crippen molar-refractivity contribution in [2.45, 2.75) is 26.4 Å². The molecule has 0 aliphatic heterocycles. The predicted octanol–water partition coefficient (Wildman–Crippen LogP) is 5.98. The Labute approximate surface area is 199 Å². The van der Waals surface area contributed by atoms with Gasteiger partial charge in [0.2, 0.25) is 5.88 Å². The quantitative estimate of drug-likeness (QED) is 0.344. The molecule has 0 aliphatic carbocycles. The SMILES string of the molecule is CN(C)c1cccc(-c2cccc(-c3cc(OC(=O)OC(C)(C)C)n(-c4ccccn4)n3)c2)c1. The standard InChI is InChI=1S/C27H28N4O3/c1-27(2,3)34-26(32)33-25-18-23(29-31(25)24-14-6-7-15-28-24)21-12-8-10-19(16-21)20-11-9-13-22(17-20)30(4)5/h6-18H,1-5H3. The van der Waals surface area contributed by atoms with Crippen molar-refractivity contribution in [3.8, 4) is 34.1 Å². The van der Waals surface area contributed by atoms with Crippen molar-refractivity contribution in [1.82, 2.24) is 14.8 Å². The number of carbonyl (C=O) groups excluding carboxylic acids is 1. The van der Waals surface area contributed by atoms with Crippen LogP contribution in [0.3, 0.4) is 0 Å². The number of hydrogen-bond acceptors (Lipinski definition) is 6. The van der Waals surface area contributed by atoms with Crippen LogP contribution in [0, 0.1) is 0 Å². The predicted molar refractivity (Wildman–Crippen MR) is 133 cm³/mol. The van der Waals surface area contributed by atoms with Gasteiger partial charge in [-0.2, -0.15) is 9.78 Å². The van der Waals surface area contributed by atoms with Gasteiger partial charge >= 0.3 is 6.16 Å². The lowest BCUT2D eigenvalue weighted by atomic mass is 10.0.